The van der Waals surface area contributed by atoms with Gasteiger partial charge in [-0.2, -0.15) is 18.3 Å². The van der Waals surface area contributed by atoms with E-state index in [4.69, 9.17) is 4.74 Å². The standard InChI is InChI=1S/C20H13F4N5O/c21-10-5-6-14-12(9-10)18(29-28-14)27-19-16-15(7-8-30-16)25-17(26-19)11-3-1-2-4-13(11)20(22,23)24/h1-6,9H,7-8H2,(H2,25,26,27,28,29). The van der Waals surface area contributed by atoms with Gasteiger partial charge in [0.1, 0.15) is 5.82 Å². The summed E-state index contributed by atoms with van der Waals surface area (Å²) < 4.78 is 59.7. The van der Waals surface area contributed by atoms with E-state index in [2.05, 4.69) is 25.5 Å². The van der Waals surface area contributed by atoms with Crippen LogP contribution in [-0.2, 0) is 12.6 Å². The van der Waals surface area contributed by atoms with Gasteiger partial charge in [-0.15, -0.1) is 0 Å². The van der Waals surface area contributed by atoms with Crippen LogP contribution in [-0.4, -0.2) is 26.8 Å². The average Bonchev–Trinajstić information content (AvgIpc) is 3.34. The Balaban J connectivity index is 1.64. The zero-order valence-electron chi connectivity index (χ0n) is 15.2. The minimum Gasteiger partial charge on any atom is -0.487 e. The van der Waals surface area contributed by atoms with E-state index in [-0.39, 0.29) is 23.0 Å². The van der Waals surface area contributed by atoms with Gasteiger partial charge in [0.25, 0.3) is 0 Å². The fourth-order valence-corrected chi connectivity index (χ4v) is 3.39. The molecule has 30 heavy (non-hydrogen) atoms. The minimum absolute atomic E-state index is 0.0827. The molecule has 1 aliphatic rings. The third kappa shape index (κ3) is 3.10. The monoisotopic (exact) mass is 415 g/mol. The van der Waals surface area contributed by atoms with Gasteiger partial charge in [0.05, 0.1) is 23.4 Å². The number of nitrogens with zero attached hydrogens (tertiary/aromatic N) is 3. The SMILES string of the molecule is Fc1ccc2[nH]nc(Nc3nc(-c4ccccc4C(F)(F)F)nc4c3OCC4)c2c1. The molecule has 0 aliphatic carbocycles. The molecular formula is C20H13F4N5O. The number of aromatic nitrogens is 4. The summed E-state index contributed by atoms with van der Waals surface area (Å²) in [5, 5.41) is 10.3. The van der Waals surface area contributed by atoms with Gasteiger partial charge in [-0.05, 0) is 24.3 Å². The van der Waals surface area contributed by atoms with Crippen molar-refractivity contribution in [1.29, 1.82) is 0 Å². The zero-order chi connectivity index (χ0) is 20.9. The van der Waals surface area contributed by atoms with Crippen LogP contribution in [0.1, 0.15) is 11.3 Å². The topological polar surface area (TPSA) is 75.7 Å². The Kier molecular flexibility index (Phi) is 4.09. The summed E-state index contributed by atoms with van der Waals surface area (Å²) >= 11 is 0. The molecule has 0 saturated carbocycles. The lowest BCUT2D eigenvalue weighted by molar-refractivity contribution is -0.137. The van der Waals surface area contributed by atoms with Gasteiger partial charge in [0.15, 0.2) is 23.2 Å². The molecule has 10 heteroatoms. The first-order chi connectivity index (χ1) is 14.4. The lowest BCUT2D eigenvalue weighted by atomic mass is 10.1. The molecule has 3 heterocycles. The van der Waals surface area contributed by atoms with Crippen LogP contribution in [0, 0.1) is 5.82 Å². The molecule has 0 fully saturated rings. The molecule has 0 bridgehead atoms. The molecule has 0 amide bonds. The van der Waals surface area contributed by atoms with Crippen molar-refractivity contribution in [2.75, 3.05) is 11.9 Å². The summed E-state index contributed by atoms with van der Waals surface area (Å²) in [7, 11) is 0. The third-order valence-electron chi connectivity index (χ3n) is 4.76. The van der Waals surface area contributed by atoms with E-state index >= 15 is 0 Å². The summed E-state index contributed by atoms with van der Waals surface area (Å²) in [6.45, 7) is 0.332. The van der Waals surface area contributed by atoms with Crippen molar-refractivity contribution in [2.24, 2.45) is 0 Å². The lowest BCUT2D eigenvalue weighted by Gasteiger charge is -2.14. The Bertz CT molecular complexity index is 1270. The molecule has 2 aromatic heterocycles. The molecule has 2 N–H and O–H groups in total. The molecule has 0 unspecified atom stereocenters. The fraction of sp³-hybridized carbons (Fsp3) is 0.150. The number of rotatable bonds is 3. The van der Waals surface area contributed by atoms with Crippen LogP contribution in [0.4, 0.5) is 29.2 Å². The third-order valence-corrected chi connectivity index (χ3v) is 4.76. The number of hydrogen-bond donors (Lipinski definition) is 2. The predicted octanol–water partition coefficient (Wildman–Crippen LogP) is 4.86. The Morgan fingerprint density at radius 1 is 1.03 bits per heavy atom. The molecule has 0 radical (unpaired) electrons. The number of H-pyrrole nitrogens is 1. The highest BCUT2D eigenvalue weighted by Gasteiger charge is 2.35. The number of hydrogen-bond acceptors (Lipinski definition) is 5. The number of fused-ring (bicyclic) bond motifs is 2. The van der Waals surface area contributed by atoms with Crippen LogP contribution in [0.2, 0.25) is 0 Å². The second-order valence-corrected chi connectivity index (χ2v) is 6.70. The van der Waals surface area contributed by atoms with Crippen LogP contribution in [0.15, 0.2) is 42.5 Å². The van der Waals surface area contributed by atoms with Gasteiger partial charge in [0, 0.05) is 17.4 Å². The number of ether oxygens (including phenoxy) is 1. The van der Waals surface area contributed by atoms with Crippen LogP contribution in [0.5, 0.6) is 5.75 Å². The molecule has 0 atom stereocenters. The van der Waals surface area contributed by atoms with Crippen LogP contribution >= 0.6 is 0 Å². The highest BCUT2D eigenvalue weighted by Crippen LogP contribution is 2.39. The molecule has 6 nitrogen and oxygen atoms in total. The van der Waals surface area contributed by atoms with Crippen molar-refractivity contribution in [1.82, 2.24) is 20.2 Å². The van der Waals surface area contributed by atoms with E-state index in [9.17, 15) is 17.6 Å². The van der Waals surface area contributed by atoms with E-state index < -0.39 is 17.6 Å². The maximum atomic E-state index is 13.7. The maximum Gasteiger partial charge on any atom is 0.417 e. The van der Waals surface area contributed by atoms with E-state index in [1.54, 1.807) is 0 Å². The second-order valence-electron chi connectivity index (χ2n) is 6.70. The minimum atomic E-state index is -4.56. The van der Waals surface area contributed by atoms with E-state index in [1.807, 2.05) is 0 Å². The number of anilines is 2. The van der Waals surface area contributed by atoms with Gasteiger partial charge in [-0.25, -0.2) is 14.4 Å². The van der Waals surface area contributed by atoms with Gasteiger partial charge in [0.2, 0.25) is 0 Å². The van der Waals surface area contributed by atoms with E-state index in [1.165, 1.54) is 36.4 Å². The zero-order valence-corrected chi connectivity index (χ0v) is 15.2. The van der Waals surface area contributed by atoms with Crippen molar-refractivity contribution >= 4 is 22.5 Å². The van der Waals surface area contributed by atoms with Gasteiger partial charge in [-0.3, -0.25) is 5.10 Å². The second kappa shape index (κ2) is 6.68. The molecule has 5 rings (SSSR count). The van der Waals surface area contributed by atoms with Crippen LogP contribution in [0.3, 0.4) is 0 Å². The van der Waals surface area contributed by atoms with Gasteiger partial charge in [-0.1, -0.05) is 18.2 Å². The maximum absolute atomic E-state index is 13.7. The summed E-state index contributed by atoms with van der Waals surface area (Å²) in [5.74, 6) is 0.255. The first kappa shape index (κ1) is 18.3. The summed E-state index contributed by atoms with van der Waals surface area (Å²) in [4.78, 5) is 8.60. The van der Waals surface area contributed by atoms with E-state index in [0.717, 1.165) is 6.07 Å². The van der Waals surface area contributed by atoms with E-state index in [0.29, 0.717) is 35.4 Å². The molecule has 0 saturated heterocycles. The molecular weight excluding hydrogens is 402 g/mol. The number of alkyl halides is 3. The highest BCUT2D eigenvalue weighted by molar-refractivity contribution is 5.91. The quantitative estimate of drug-likeness (QED) is 0.468. The Morgan fingerprint density at radius 2 is 1.87 bits per heavy atom. The molecule has 2 aromatic carbocycles. The van der Waals surface area contributed by atoms with Crippen molar-refractivity contribution in [3.63, 3.8) is 0 Å². The largest absolute Gasteiger partial charge is 0.487 e. The average molecular weight is 415 g/mol. The van der Waals surface area contributed by atoms with Crippen molar-refractivity contribution in [2.45, 2.75) is 12.6 Å². The van der Waals surface area contributed by atoms with Gasteiger partial charge < -0.3 is 10.1 Å². The molecule has 4 aromatic rings. The molecule has 1 aliphatic heterocycles. The summed E-state index contributed by atoms with van der Waals surface area (Å²) in [6.07, 6.45) is -4.12. The number of benzene rings is 2. The highest BCUT2D eigenvalue weighted by atomic mass is 19.4. The Labute approximate surface area is 166 Å². The first-order valence-corrected chi connectivity index (χ1v) is 9.01. The predicted molar refractivity (Wildman–Crippen MR) is 101 cm³/mol. The fourth-order valence-electron chi connectivity index (χ4n) is 3.39. The molecule has 152 valence electrons. The Morgan fingerprint density at radius 3 is 2.70 bits per heavy atom. The van der Waals surface area contributed by atoms with Crippen molar-refractivity contribution < 1.29 is 22.3 Å². The van der Waals surface area contributed by atoms with Crippen LogP contribution < -0.4 is 10.1 Å². The summed E-state index contributed by atoms with van der Waals surface area (Å²) in [6, 6.07) is 9.24. The van der Waals surface area contributed by atoms with Crippen LogP contribution in [0.25, 0.3) is 22.3 Å². The molecule has 0 spiro atoms. The first-order valence-electron chi connectivity index (χ1n) is 9.01. The lowest BCUT2D eigenvalue weighted by Crippen LogP contribution is -2.09. The van der Waals surface area contributed by atoms with Gasteiger partial charge >= 0.3 is 6.18 Å². The normalized spacial score (nSPS) is 13.3. The number of aromatic amines is 1. The van der Waals surface area contributed by atoms with Crippen molar-refractivity contribution in [3.05, 3.63) is 59.5 Å². The smallest absolute Gasteiger partial charge is 0.417 e. The number of nitrogens with one attached hydrogen (secondary N) is 2. The summed E-state index contributed by atoms with van der Waals surface area (Å²) in [5.41, 5.74) is 0.112. The van der Waals surface area contributed by atoms with Crippen molar-refractivity contribution in [3.8, 4) is 17.1 Å². The Hall–Kier alpha value is -3.69. The number of halogens is 4.